The topological polar surface area (TPSA) is 69.9 Å². The van der Waals surface area contributed by atoms with E-state index in [0.29, 0.717) is 19.6 Å². The van der Waals surface area contributed by atoms with Crippen LogP contribution in [0.5, 0.6) is 0 Å². The highest BCUT2D eigenvalue weighted by Crippen LogP contribution is 2.21. The van der Waals surface area contributed by atoms with Crippen molar-refractivity contribution in [1.29, 1.82) is 0 Å². The third kappa shape index (κ3) is 3.92. The number of hydrogen-bond donors (Lipinski definition) is 1. The number of amides is 2. The number of carbonyl (C=O) groups is 2. The Kier molecular flexibility index (Phi) is 5.22. The lowest BCUT2D eigenvalue weighted by molar-refractivity contribution is -0.136. The van der Waals surface area contributed by atoms with Gasteiger partial charge in [-0.1, -0.05) is 0 Å². The van der Waals surface area contributed by atoms with Gasteiger partial charge in [0, 0.05) is 38.4 Å². The largest absolute Gasteiger partial charge is 0.369 e. The molecule has 0 aromatic heterocycles. The first-order chi connectivity index (χ1) is 12.0. The molecule has 7 heteroatoms. The molecular formula is C18H25FN4O2. The Labute approximate surface area is 147 Å². The van der Waals surface area contributed by atoms with E-state index in [-0.39, 0.29) is 29.6 Å². The summed E-state index contributed by atoms with van der Waals surface area (Å²) in [6.45, 7) is 5.95. The van der Waals surface area contributed by atoms with Gasteiger partial charge < -0.3 is 15.5 Å². The molecule has 6 nitrogen and oxygen atoms in total. The van der Waals surface area contributed by atoms with Crippen molar-refractivity contribution in [2.45, 2.75) is 19.4 Å². The molecule has 1 aromatic carbocycles. The zero-order valence-electron chi connectivity index (χ0n) is 14.5. The number of carbonyl (C=O) groups excluding carboxylic acids is 2. The second kappa shape index (κ2) is 7.39. The van der Waals surface area contributed by atoms with Gasteiger partial charge in [0.05, 0.1) is 12.0 Å². The van der Waals surface area contributed by atoms with E-state index in [4.69, 9.17) is 5.73 Å². The van der Waals surface area contributed by atoms with Gasteiger partial charge >= 0.3 is 0 Å². The molecule has 3 rings (SSSR count). The first kappa shape index (κ1) is 17.7. The van der Waals surface area contributed by atoms with Crippen LogP contribution in [-0.2, 0) is 9.59 Å². The molecule has 2 aliphatic rings. The molecule has 1 aromatic rings. The van der Waals surface area contributed by atoms with E-state index in [9.17, 15) is 14.0 Å². The number of likely N-dealkylation sites (tertiary alicyclic amines) is 1. The molecule has 0 unspecified atom stereocenters. The summed E-state index contributed by atoms with van der Waals surface area (Å²) in [5.41, 5.74) is 6.35. The van der Waals surface area contributed by atoms with Crippen LogP contribution in [0, 0.1) is 11.7 Å². The molecule has 0 radical (unpaired) electrons. The second-order valence-electron chi connectivity index (χ2n) is 6.85. The standard InChI is InChI=1S/C18H25FN4O2/c1-13(23-7-6-14(12-23)17(20)24)18(25)22-10-8-21(9-11-22)16-4-2-15(19)3-5-16/h2-5,13-14H,6-12H2,1H3,(H2,20,24)/t13-,14-/m0/s1. The number of rotatable bonds is 4. The van der Waals surface area contributed by atoms with Crippen molar-refractivity contribution in [3.05, 3.63) is 30.1 Å². The Morgan fingerprint density at radius 2 is 1.76 bits per heavy atom. The van der Waals surface area contributed by atoms with Crippen LogP contribution < -0.4 is 10.6 Å². The van der Waals surface area contributed by atoms with E-state index < -0.39 is 0 Å². The van der Waals surface area contributed by atoms with Crippen molar-refractivity contribution < 1.29 is 14.0 Å². The van der Waals surface area contributed by atoms with Gasteiger partial charge in [-0.15, -0.1) is 0 Å². The molecule has 136 valence electrons. The van der Waals surface area contributed by atoms with E-state index in [0.717, 1.165) is 31.7 Å². The summed E-state index contributed by atoms with van der Waals surface area (Å²) in [4.78, 5) is 30.1. The summed E-state index contributed by atoms with van der Waals surface area (Å²) < 4.78 is 13.0. The maximum absolute atomic E-state index is 13.0. The predicted octanol–water partition coefficient (Wildman–Crippen LogP) is 0.670. The molecule has 2 heterocycles. The minimum Gasteiger partial charge on any atom is -0.369 e. The fraction of sp³-hybridized carbons (Fsp3) is 0.556. The van der Waals surface area contributed by atoms with E-state index in [1.54, 1.807) is 12.1 Å². The summed E-state index contributed by atoms with van der Waals surface area (Å²) in [6, 6.07) is 6.21. The zero-order valence-corrected chi connectivity index (χ0v) is 14.5. The summed E-state index contributed by atoms with van der Waals surface area (Å²) in [7, 11) is 0. The third-order valence-corrected chi connectivity index (χ3v) is 5.31. The number of piperazine rings is 1. The lowest BCUT2D eigenvalue weighted by Crippen LogP contribution is -2.54. The number of halogens is 1. The molecule has 0 bridgehead atoms. The minimum atomic E-state index is -0.282. The molecule has 25 heavy (non-hydrogen) atoms. The lowest BCUT2D eigenvalue weighted by atomic mass is 10.1. The Hall–Kier alpha value is -2.15. The monoisotopic (exact) mass is 348 g/mol. The Morgan fingerprint density at radius 3 is 2.32 bits per heavy atom. The second-order valence-corrected chi connectivity index (χ2v) is 6.85. The van der Waals surface area contributed by atoms with Crippen LogP contribution >= 0.6 is 0 Å². The smallest absolute Gasteiger partial charge is 0.239 e. The van der Waals surface area contributed by atoms with Gasteiger partial charge in [0.15, 0.2) is 0 Å². The van der Waals surface area contributed by atoms with Crippen molar-refractivity contribution in [3.63, 3.8) is 0 Å². The fourth-order valence-corrected chi connectivity index (χ4v) is 3.63. The average molecular weight is 348 g/mol. The first-order valence-electron chi connectivity index (χ1n) is 8.78. The highest BCUT2D eigenvalue weighted by atomic mass is 19.1. The summed E-state index contributed by atoms with van der Waals surface area (Å²) in [5.74, 6) is -0.573. The Bertz CT molecular complexity index is 628. The number of benzene rings is 1. The van der Waals surface area contributed by atoms with Crippen molar-refractivity contribution >= 4 is 17.5 Å². The summed E-state index contributed by atoms with van der Waals surface area (Å²) in [5, 5.41) is 0. The summed E-state index contributed by atoms with van der Waals surface area (Å²) >= 11 is 0. The van der Waals surface area contributed by atoms with Crippen LogP contribution in [-0.4, -0.2) is 66.9 Å². The number of hydrogen-bond acceptors (Lipinski definition) is 4. The van der Waals surface area contributed by atoms with Crippen LogP contribution in [0.15, 0.2) is 24.3 Å². The average Bonchev–Trinajstić information content (AvgIpc) is 3.12. The van der Waals surface area contributed by atoms with Gasteiger partial charge in [0.25, 0.3) is 0 Å². The van der Waals surface area contributed by atoms with Crippen LogP contribution in [0.2, 0.25) is 0 Å². The number of primary amides is 1. The van der Waals surface area contributed by atoms with Crippen LogP contribution in [0.3, 0.4) is 0 Å². The molecule has 0 aliphatic carbocycles. The maximum Gasteiger partial charge on any atom is 0.239 e. The van der Waals surface area contributed by atoms with Crippen molar-refractivity contribution in [1.82, 2.24) is 9.80 Å². The SMILES string of the molecule is C[C@@H](C(=O)N1CCN(c2ccc(F)cc2)CC1)N1CC[C@H](C(N)=O)C1. The molecule has 2 atom stereocenters. The highest BCUT2D eigenvalue weighted by molar-refractivity contribution is 5.82. The third-order valence-electron chi connectivity index (χ3n) is 5.31. The minimum absolute atomic E-state index is 0.101. The van der Waals surface area contributed by atoms with Gasteiger partial charge in [0.1, 0.15) is 5.82 Å². The molecular weight excluding hydrogens is 323 g/mol. The Morgan fingerprint density at radius 1 is 1.12 bits per heavy atom. The molecule has 2 N–H and O–H groups in total. The van der Waals surface area contributed by atoms with Crippen LogP contribution in [0.4, 0.5) is 10.1 Å². The predicted molar refractivity (Wildman–Crippen MR) is 93.5 cm³/mol. The normalized spacial score (nSPS) is 22.9. The zero-order chi connectivity index (χ0) is 18.0. The van der Waals surface area contributed by atoms with Gasteiger partial charge in [-0.05, 0) is 44.2 Å². The van der Waals surface area contributed by atoms with Gasteiger partial charge in [0.2, 0.25) is 11.8 Å². The van der Waals surface area contributed by atoms with Crippen LogP contribution in [0.25, 0.3) is 0 Å². The van der Waals surface area contributed by atoms with E-state index in [1.165, 1.54) is 12.1 Å². The summed E-state index contributed by atoms with van der Waals surface area (Å²) in [6.07, 6.45) is 0.727. The number of anilines is 1. The van der Waals surface area contributed by atoms with Gasteiger partial charge in [-0.2, -0.15) is 0 Å². The number of nitrogens with two attached hydrogens (primary N) is 1. The number of nitrogens with zero attached hydrogens (tertiary/aromatic N) is 3. The maximum atomic E-state index is 13.0. The molecule has 2 amide bonds. The van der Waals surface area contributed by atoms with Crippen molar-refractivity contribution in [2.24, 2.45) is 11.7 Å². The van der Waals surface area contributed by atoms with Crippen molar-refractivity contribution in [2.75, 3.05) is 44.2 Å². The van der Waals surface area contributed by atoms with E-state index in [1.807, 2.05) is 16.7 Å². The van der Waals surface area contributed by atoms with Gasteiger partial charge in [-0.25, -0.2) is 4.39 Å². The van der Waals surface area contributed by atoms with Gasteiger partial charge in [-0.3, -0.25) is 14.5 Å². The van der Waals surface area contributed by atoms with Crippen LogP contribution in [0.1, 0.15) is 13.3 Å². The molecule has 2 saturated heterocycles. The van der Waals surface area contributed by atoms with E-state index in [2.05, 4.69) is 4.90 Å². The quantitative estimate of drug-likeness (QED) is 0.868. The fourth-order valence-electron chi connectivity index (χ4n) is 3.63. The molecule has 0 spiro atoms. The molecule has 2 fully saturated rings. The Balaban J connectivity index is 1.53. The van der Waals surface area contributed by atoms with E-state index >= 15 is 0 Å². The highest BCUT2D eigenvalue weighted by Gasteiger charge is 2.34. The lowest BCUT2D eigenvalue weighted by Gasteiger charge is -2.38. The first-order valence-corrected chi connectivity index (χ1v) is 8.78. The molecule has 2 aliphatic heterocycles. The molecule has 0 saturated carbocycles. The van der Waals surface area contributed by atoms with Crippen molar-refractivity contribution in [3.8, 4) is 0 Å².